The van der Waals surface area contributed by atoms with Crippen LogP contribution in [0.15, 0.2) is 92.8 Å². The van der Waals surface area contributed by atoms with Crippen molar-refractivity contribution in [3.63, 3.8) is 0 Å². The third-order valence-electron chi connectivity index (χ3n) is 6.72. The Kier molecular flexibility index (Phi) is 47.1. The molecule has 4 radical (unpaired) electrons. The fraction of sp³-hybridized carbons (Fsp3) is 0.310. The predicted molar refractivity (Wildman–Crippen MR) is 210 cm³/mol. The summed E-state index contributed by atoms with van der Waals surface area (Å²) in [6.07, 6.45) is 5.62. The van der Waals surface area contributed by atoms with Crippen LogP contribution in [0.3, 0.4) is 0 Å². The maximum absolute atomic E-state index is 11.5. The van der Waals surface area contributed by atoms with Gasteiger partial charge in [-0.1, -0.05) is 71.5 Å². The molecule has 0 atom stereocenters. The average Bonchev–Trinajstić information content (AvgIpc) is 3.24. The van der Waals surface area contributed by atoms with Gasteiger partial charge in [0.05, 0.1) is 34.5 Å². The molecule has 0 amide bonds. The Morgan fingerprint density at radius 3 is 0.746 bits per heavy atom. The summed E-state index contributed by atoms with van der Waals surface area (Å²) in [5.41, 5.74) is 1.77. The number of hydrogen-bond donors (Lipinski definition) is 0. The summed E-state index contributed by atoms with van der Waals surface area (Å²) in [6, 6.07) is 21.5. The first kappa shape index (κ1) is 67.4. The normalized spacial score (nSPS) is 9.65. The van der Waals surface area contributed by atoms with E-state index >= 15 is 0 Å². The summed E-state index contributed by atoms with van der Waals surface area (Å²) < 4.78 is 19.4. The Bertz CT molecular complexity index is 1670. The summed E-state index contributed by atoms with van der Waals surface area (Å²) in [5, 5.41) is 93.8. The summed E-state index contributed by atoms with van der Waals surface area (Å²) in [7, 11) is 5.76. The first-order valence-electron chi connectivity index (χ1n) is 17.6. The molecule has 0 aliphatic rings. The number of nitrogens with zero attached hydrogens (tertiary/aromatic N) is 5. The fourth-order valence-corrected chi connectivity index (χ4v) is 4.04. The number of nitriles is 1. The second kappa shape index (κ2) is 44.0. The quantitative estimate of drug-likeness (QED) is 0.0934. The van der Waals surface area contributed by atoms with E-state index in [2.05, 4.69) is 20.0 Å². The van der Waals surface area contributed by atoms with Crippen molar-refractivity contribution in [3.8, 4) is 52.1 Å². The molecule has 17 nitrogen and oxygen atoms in total. The molecule has 0 aliphatic heterocycles. The first-order valence-corrected chi connectivity index (χ1v) is 17.6. The topological polar surface area (TPSA) is 295 Å². The summed E-state index contributed by atoms with van der Waals surface area (Å²) in [4.78, 5) is 15.2. The molecule has 0 N–H and O–H groups in total. The average molecular weight is 1070 g/mol. The third kappa shape index (κ3) is 27.9. The monoisotopic (exact) mass is 1070 g/mol. The SMILES string of the molecule is CC#N.COc1cccc(C=NCC[O-])c1[O-].COc1cccc(C=NCC[O-])c1[O-].COc1cccc(C=NCC[O-])c1[O-].COc1cccc(C=NCC[O-])c1[O-].[Cu+2].[Cu+2].[Cu+2].[Cu+2]. The van der Waals surface area contributed by atoms with Crippen molar-refractivity contribution in [2.24, 2.45) is 20.0 Å². The Balaban J connectivity index is -0.000000227. The van der Waals surface area contributed by atoms with Crippen molar-refractivity contribution < 1.29 is 128 Å². The van der Waals surface area contributed by atoms with Crippen molar-refractivity contribution in [1.29, 1.82) is 5.26 Å². The second-order valence-electron chi connectivity index (χ2n) is 10.7. The van der Waals surface area contributed by atoms with Gasteiger partial charge in [-0.2, -0.15) is 5.26 Å². The Morgan fingerprint density at radius 2 is 0.603 bits per heavy atom. The smallest absolute Gasteiger partial charge is 0.870 e. The molecule has 0 saturated heterocycles. The molecular formula is C42H47Cu4N5O12. The van der Waals surface area contributed by atoms with E-state index < -0.39 is 0 Å². The van der Waals surface area contributed by atoms with Gasteiger partial charge in [0.15, 0.2) is 0 Å². The fourth-order valence-electron chi connectivity index (χ4n) is 4.04. The number of para-hydroxylation sites is 4. The van der Waals surface area contributed by atoms with Gasteiger partial charge >= 0.3 is 68.3 Å². The van der Waals surface area contributed by atoms with E-state index in [-0.39, 0.29) is 167 Å². The van der Waals surface area contributed by atoms with E-state index in [0.717, 1.165) is 0 Å². The third-order valence-corrected chi connectivity index (χ3v) is 6.72. The maximum Gasteiger partial charge on any atom is 2.00 e. The van der Waals surface area contributed by atoms with Gasteiger partial charge in [-0.25, -0.2) is 0 Å². The zero-order chi connectivity index (χ0) is 44.3. The zero-order valence-electron chi connectivity index (χ0n) is 34.7. The van der Waals surface area contributed by atoms with Crippen LogP contribution >= 0.6 is 0 Å². The summed E-state index contributed by atoms with van der Waals surface area (Å²) in [5.74, 6) is 0.336. The molecule has 0 heterocycles. The van der Waals surface area contributed by atoms with E-state index in [0.29, 0.717) is 22.3 Å². The zero-order valence-corrected chi connectivity index (χ0v) is 38.5. The minimum Gasteiger partial charge on any atom is -0.870 e. The molecule has 4 aromatic rings. The standard InChI is InChI=1S/4C10H12NO3.C2H3N.4Cu/c4*1-14-9-4-2-3-8(10(9)13)7-11-5-6-12;1-2-3;;;;/h4*2-4,7,13H,5-6H2,1H3;1H3;;;;/q4*-1;;4*+2/p-4. The van der Waals surface area contributed by atoms with Crippen molar-refractivity contribution >= 4 is 24.9 Å². The number of methoxy groups -OCH3 is 4. The first-order chi connectivity index (χ1) is 28.6. The maximum atomic E-state index is 11.5. The van der Waals surface area contributed by atoms with Crippen LogP contribution in [0, 0.1) is 11.3 Å². The molecule has 0 aliphatic carbocycles. The van der Waals surface area contributed by atoms with Crippen molar-refractivity contribution in [2.75, 3.05) is 81.0 Å². The van der Waals surface area contributed by atoms with Crippen LogP contribution in [-0.2, 0) is 68.3 Å². The van der Waals surface area contributed by atoms with Crippen LogP contribution in [0.2, 0.25) is 0 Å². The number of ether oxygens (including phenoxy) is 4. The van der Waals surface area contributed by atoms with Gasteiger partial charge < -0.3 is 59.8 Å². The minimum atomic E-state index is -0.269. The number of aliphatic imine (C=N–C) groups is 4. The summed E-state index contributed by atoms with van der Waals surface area (Å²) >= 11 is 0. The molecule has 4 rings (SSSR count). The van der Waals surface area contributed by atoms with E-state index in [1.54, 1.807) is 78.9 Å². The number of benzene rings is 4. The van der Waals surface area contributed by atoms with Crippen molar-refractivity contribution in [2.45, 2.75) is 6.92 Å². The molecular weight excluding hydrogens is 1020 g/mol. The van der Waals surface area contributed by atoms with E-state index in [9.17, 15) is 40.9 Å². The van der Waals surface area contributed by atoms with Crippen LogP contribution < -0.4 is 59.8 Å². The number of hydrogen-bond acceptors (Lipinski definition) is 17. The van der Waals surface area contributed by atoms with Crippen LogP contribution in [0.25, 0.3) is 0 Å². The predicted octanol–water partition coefficient (Wildman–Crippen LogP) is -1.29. The molecule has 0 bridgehead atoms. The molecule has 0 saturated carbocycles. The van der Waals surface area contributed by atoms with Gasteiger partial charge in [0.1, 0.15) is 23.0 Å². The van der Waals surface area contributed by atoms with Gasteiger partial charge in [-0.15, -0.1) is 26.4 Å². The van der Waals surface area contributed by atoms with Crippen LogP contribution in [0.5, 0.6) is 46.0 Å². The van der Waals surface area contributed by atoms with E-state index in [1.165, 1.54) is 60.2 Å². The molecule has 356 valence electrons. The van der Waals surface area contributed by atoms with Gasteiger partial charge in [-0.3, -0.25) is 20.0 Å². The second-order valence-corrected chi connectivity index (χ2v) is 10.7. The Morgan fingerprint density at radius 1 is 0.429 bits per heavy atom. The molecule has 63 heavy (non-hydrogen) atoms. The van der Waals surface area contributed by atoms with Gasteiger partial charge in [0.2, 0.25) is 0 Å². The number of rotatable bonds is 16. The Hall–Kier alpha value is -4.63. The van der Waals surface area contributed by atoms with Crippen LogP contribution in [0.1, 0.15) is 29.2 Å². The van der Waals surface area contributed by atoms with Crippen LogP contribution in [-0.4, -0.2) is 106 Å². The molecule has 0 fully saturated rings. The largest absolute Gasteiger partial charge is 2.00 e. The van der Waals surface area contributed by atoms with Gasteiger partial charge in [-0.05, 0) is 46.5 Å². The van der Waals surface area contributed by atoms with Crippen molar-refractivity contribution in [3.05, 3.63) is 95.1 Å². The van der Waals surface area contributed by atoms with Gasteiger partial charge in [0.25, 0.3) is 0 Å². The molecule has 0 spiro atoms. The van der Waals surface area contributed by atoms with E-state index in [4.69, 9.17) is 24.2 Å². The molecule has 21 heteroatoms. The Labute approximate surface area is 410 Å². The molecule has 4 aromatic carbocycles. The van der Waals surface area contributed by atoms with Crippen LogP contribution in [0.4, 0.5) is 0 Å². The summed E-state index contributed by atoms with van der Waals surface area (Å²) in [6.45, 7) is 1.12. The molecule has 0 aromatic heterocycles. The minimum absolute atomic E-state index is 0. The van der Waals surface area contributed by atoms with Gasteiger partial charge in [0, 0.05) is 58.0 Å². The van der Waals surface area contributed by atoms with Crippen molar-refractivity contribution in [1.82, 2.24) is 0 Å². The molecule has 0 unspecified atom stereocenters. The van der Waals surface area contributed by atoms with E-state index in [1.807, 2.05) is 0 Å².